The van der Waals surface area contributed by atoms with Crippen LogP contribution < -0.4 is 15.8 Å². The molecular formula is C13H17N3O3. The van der Waals surface area contributed by atoms with E-state index in [9.17, 15) is 9.59 Å². The lowest BCUT2D eigenvalue weighted by Crippen LogP contribution is -2.35. The van der Waals surface area contributed by atoms with Crippen molar-refractivity contribution in [1.82, 2.24) is 4.90 Å². The summed E-state index contributed by atoms with van der Waals surface area (Å²) in [5.74, 6) is -0.0515. The van der Waals surface area contributed by atoms with Crippen LogP contribution in [-0.2, 0) is 9.59 Å². The van der Waals surface area contributed by atoms with Gasteiger partial charge in [0.1, 0.15) is 11.8 Å². The number of ether oxygens (including phenoxy) is 1. The summed E-state index contributed by atoms with van der Waals surface area (Å²) in [5, 5.41) is 2.75. The van der Waals surface area contributed by atoms with Crippen molar-refractivity contribution in [2.45, 2.75) is 19.1 Å². The van der Waals surface area contributed by atoms with Gasteiger partial charge >= 0.3 is 0 Å². The molecule has 19 heavy (non-hydrogen) atoms. The number of benzene rings is 1. The molecule has 102 valence electrons. The van der Waals surface area contributed by atoms with Crippen molar-refractivity contribution in [3.8, 4) is 5.75 Å². The molecule has 0 spiro atoms. The Bertz CT molecular complexity index is 528. The van der Waals surface area contributed by atoms with E-state index in [2.05, 4.69) is 5.32 Å². The minimum atomic E-state index is -0.540. The van der Waals surface area contributed by atoms with Crippen molar-refractivity contribution in [2.24, 2.45) is 5.73 Å². The lowest BCUT2D eigenvalue weighted by Gasteiger charge is -2.26. The Hall–Kier alpha value is -2.08. The Kier molecular flexibility index (Phi) is 3.44. The summed E-state index contributed by atoms with van der Waals surface area (Å²) in [7, 11) is 3.54. The van der Waals surface area contributed by atoms with Gasteiger partial charge in [0.25, 0.3) is 5.91 Å². The van der Waals surface area contributed by atoms with Gasteiger partial charge in [-0.3, -0.25) is 14.5 Å². The maximum Gasteiger partial charge on any atom is 0.265 e. The number of hydrogen-bond acceptors (Lipinski definition) is 4. The number of primary amides is 1. The fourth-order valence-corrected chi connectivity index (χ4v) is 2.11. The highest BCUT2D eigenvalue weighted by molar-refractivity contribution is 5.97. The SMILES string of the molecule is CC1Oc2ccc(C(C(N)=O)N(C)C)cc2NC1=O. The Morgan fingerprint density at radius 2 is 2.16 bits per heavy atom. The molecule has 1 aromatic carbocycles. The van der Waals surface area contributed by atoms with Gasteiger partial charge in [0.15, 0.2) is 6.10 Å². The molecule has 1 aliphatic heterocycles. The van der Waals surface area contributed by atoms with Crippen molar-refractivity contribution in [3.05, 3.63) is 23.8 Å². The largest absolute Gasteiger partial charge is 0.479 e. The highest BCUT2D eigenvalue weighted by atomic mass is 16.5. The molecule has 6 nitrogen and oxygen atoms in total. The molecule has 2 amide bonds. The van der Waals surface area contributed by atoms with Crippen molar-refractivity contribution in [2.75, 3.05) is 19.4 Å². The summed E-state index contributed by atoms with van der Waals surface area (Å²) in [5.41, 5.74) is 6.68. The predicted octanol–water partition coefficient (Wildman–Crippen LogP) is 0.494. The topological polar surface area (TPSA) is 84.7 Å². The summed E-state index contributed by atoms with van der Waals surface area (Å²) in [4.78, 5) is 24.8. The van der Waals surface area contributed by atoms with E-state index in [1.54, 1.807) is 44.1 Å². The number of carbonyl (C=O) groups is 2. The van der Waals surface area contributed by atoms with Crippen LogP contribution in [0.25, 0.3) is 0 Å². The van der Waals surface area contributed by atoms with Crippen LogP contribution in [0.2, 0.25) is 0 Å². The van der Waals surface area contributed by atoms with Crippen LogP contribution >= 0.6 is 0 Å². The van der Waals surface area contributed by atoms with Crippen LogP contribution in [0.5, 0.6) is 5.75 Å². The minimum Gasteiger partial charge on any atom is -0.479 e. The van der Waals surface area contributed by atoms with Gasteiger partial charge < -0.3 is 15.8 Å². The van der Waals surface area contributed by atoms with E-state index in [0.717, 1.165) is 5.56 Å². The molecule has 0 aromatic heterocycles. The molecule has 0 aliphatic carbocycles. The first-order valence-electron chi connectivity index (χ1n) is 5.97. The molecule has 2 unspecified atom stereocenters. The van der Waals surface area contributed by atoms with Gasteiger partial charge in [0, 0.05) is 0 Å². The van der Waals surface area contributed by atoms with Crippen LogP contribution in [0, 0.1) is 0 Å². The number of fused-ring (bicyclic) bond motifs is 1. The van der Waals surface area contributed by atoms with E-state index in [4.69, 9.17) is 10.5 Å². The molecule has 2 rings (SSSR count). The summed E-state index contributed by atoms with van der Waals surface area (Å²) in [6, 6.07) is 4.69. The van der Waals surface area contributed by atoms with Gasteiger partial charge in [0.05, 0.1) is 5.69 Å². The first kappa shape index (κ1) is 13.4. The van der Waals surface area contributed by atoms with E-state index in [-0.39, 0.29) is 5.91 Å². The molecule has 3 N–H and O–H groups in total. The molecular weight excluding hydrogens is 246 g/mol. The third-order valence-corrected chi connectivity index (χ3v) is 3.04. The van der Waals surface area contributed by atoms with Crippen LogP contribution in [0.4, 0.5) is 5.69 Å². The lowest BCUT2D eigenvalue weighted by atomic mass is 10.0. The lowest BCUT2D eigenvalue weighted by molar-refractivity contribution is -0.123. The van der Waals surface area contributed by atoms with E-state index >= 15 is 0 Å². The summed E-state index contributed by atoms with van der Waals surface area (Å²) in [6.07, 6.45) is -0.515. The number of carbonyl (C=O) groups excluding carboxylic acids is 2. The monoisotopic (exact) mass is 263 g/mol. The van der Waals surface area contributed by atoms with Gasteiger partial charge in [-0.15, -0.1) is 0 Å². The van der Waals surface area contributed by atoms with Crippen LogP contribution in [0.3, 0.4) is 0 Å². The molecule has 2 atom stereocenters. The number of nitrogens with one attached hydrogen (secondary N) is 1. The second-order valence-corrected chi connectivity index (χ2v) is 4.77. The van der Waals surface area contributed by atoms with Crippen LogP contribution in [0.15, 0.2) is 18.2 Å². The highest BCUT2D eigenvalue weighted by Gasteiger charge is 2.26. The number of nitrogens with zero attached hydrogens (tertiary/aromatic N) is 1. The molecule has 0 saturated carbocycles. The van der Waals surface area contributed by atoms with Crippen molar-refractivity contribution in [1.29, 1.82) is 0 Å². The quantitative estimate of drug-likeness (QED) is 0.831. The maximum absolute atomic E-state index is 11.6. The molecule has 1 aliphatic rings. The van der Waals surface area contributed by atoms with E-state index in [0.29, 0.717) is 11.4 Å². The fourth-order valence-electron chi connectivity index (χ4n) is 2.11. The average Bonchev–Trinajstić information content (AvgIpc) is 2.30. The van der Waals surface area contributed by atoms with Crippen molar-refractivity contribution in [3.63, 3.8) is 0 Å². The minimum absolute atomic E-state index is 0.204. The second-order valence-electron chi connectivity index (χ2n) is 4.77. The van der Waals surface area contributed by atoms with E-state index in [1.807, 2.05) is 0 Å². The first-order valence-corrected chi connectivity index (χ1v) is 5.97. The fraction of sp³-hybridized carbons (Fsp3) is 0.385. The van der Waals surface area contributed by atoms with Gasteiger partial charge in [-0.05, 0) is 38.7 Å². The summed E-state index contributed by atoms with van der Waals surface area (Å²) < 4.78 is 5.46. The smallest absolute Gasteiger partial charge is 0.265 e. The molecule has 1 aromatic rings. The number of amides is 2. The van der Waals surface area contributed by atoms with Crippen molar-refractivity contribution < 1.29 is 14.3 Å². The number of likely N-dealkylation sites (N-methyl/N-ethyl adjacent to an activating group) is 1. The Morgan fingerprint density at radius 3 is 2.74 bits per heavy atom. The average molecular weight is 263 g/mol. The standard InChI is InChI=1S/C13H17N3O3/c1-7-13(18)15-9-6-8(4-5-10(9)19-7)11(12(14)17)16(2)3/h4-7,11H,1-3H3,(H2,14,17)(H,15,18). The summed E-state index contributed by atoms with van der Waals surface area (Å²) in [6.45, 7) is 1.68. The number of nitrogens with two attached hydrogens (primary N) is 1. The third-order valence-electron chi connectivity index (χ3n) is 3.04. The molecule has 0 bridgehead atoms. The third kappa shape index (κ3) is 2.53. The Labute approximate surface area is 111 Å². The molecule has 6 heteroatoms. The van der Waals surface area contributed by atoms with Gasteiger partial charge in [-0.1, -0.05) is 6.07 Å². The van der Waals surface area contributed by atoms with E-state index in [1.165, 1.54) is 0 Å². The zero-order valence-corrected chi connectivity index (χ0v) is 11.1. The van der Waals surface area contributed by atoms with Crippen molar-refractivity contribution >= 4 is 17.5 Å². The molecule has 0 radical (unpaired) electrons. The van der Waals surface area contributed by atoms with Gasteiger partial charge in [0.2, 0.25) is 5.91 Å². The molecule has 1 heterocycles. The Balaban J connectivity index is 2.38. The zero-order valence-electron chi connectivity index (χ0n) is 11.1. The van der Waals surface area contributed by atoms with Gasteiger partial charge in [-0.2, -0.15) is 0 Å². The van der Waals surface area contributed by atoms with E-state index < -0.39 is 18.1 Å². The number of anilines is 1. The van der Waals surface area contributed by atoms with Gasteiger partial charge in [-0.25, -0.2) is 0 Å². The normalized spacial score (nSPS) is 19.4. The number of rotatable bonds is 3. The van der Waals surface area contributed by atoms with Crippen LogP contribution in [0.1, 0.15) is 18.5 Å². The van der Waals surface area contributed by atoms with Crippen LogP contribution in [-0.4, -0.2) is 36.9 Å². The zero-order chi connectivity index (χ0) is 14.2. The predicted molar refractivity (Wildman–Crippen MR) is 70.8 cm³/mol. The Morgan fingerprint density at radius 1 is 1.47 bits per heavy atom. The second kappa shape index (κ2) is 4.89. The molecule has 0 fully saturated rings. The first-order chi connectivity index (χ1) is 8.90. The molecule has 0 saturated heterocycles. The maximum atomic E-state index is 11.6. The highest BCUT2D eigenvalue weighted by Crippen LogP contribution is 2.33. The summed E-state index contributed by atoms with van der Waals surface area (Å²) >= 11 is 0. The number of hydrogen-bond donors (Lipinski definition) is 2.